The normalized spacial score (nSPS) is 23.7. The van der Waals surface area contributed by atoms with Crippen molar-refractivity contribution in [1.29, 1.82) is 0 Å². The predicted octanol–water partition coefficient (Wildman–Crippen LogP) is 3.44. The number of aryl methyl sites for hydroxylation is 1. The van der Waals surface area contributed by atoms with E-state index in [0.717, 1.165) is 36.7 Å². The van der Waals surface area contributed by atoms with E-state index in [1.807, 2.05) is 31.2 Å². The summed E-state index contributed by atoms with van der Waals surface area (Å²) in [5.41, 5.74) is 8.02. The lowest BCUT2D eigenvalue weighted by molar-refractivity contribution is 0.0844. The number of hydrogen-bond donors (Lipinski definition) is 1. The van der Waals surface area contributed by atoms with E-state index in [1.54, 1.807) is 0 Å². The minimum Gasteiger partial charge on any atom is -0.453 e. The second kappa shape index (κ2) is 4.82. The van der Waals surface area contributed by atoms with Crippen LogP contribution < -0.4 is 5.73 Å². The molecule has 19 heavy (non-hydrogen) atoms. The molecule has 3 rings (SSSR count). The maximum Gasteiger partial charge on any atom is 0.202 e. The predicted molar refractivity (Wildman–Crippen MR) is 75.2 cm³/mol. The monoisotopic (exact) mass is 257 g/mol. The third-order valence-corrected chi connectivity index (χ3v) is 4.07. The van der Waals surface area contributed by atoms with Crippen LogP contribution in [0.15, 0.2) is 28.7 Å². The van der Waals surface area contributed by atoms with E-state index in [0.29, 0.717) is 5.76 Å². The third kappa shape index (κ3) is 2.30. The molecule has 0 amide bonds. The summed E-state index contributed by atoms with van der Waals surface area (Å²) in [6.45, 7) is 2.03. The number of Topliss-reactive ketones (excluding diaryl/α,β-unsaturated/α-hetero) is 1. The van der Waals surface area contributed by atoms with Gasteiger partial charge in [0.1, 0.15) is 5.58 Å². The fourth-order valence-corrected chi connectivity index (χ4v) is 2.95. The zero-order chi connectivity index (χ0) is 13.4. The van der Waals surface area contributed by atoms with Gasteiger partial charge in [0, 0.05) is 17.3 Å². The first kappa shape index (κ1) is 12.4. The van der Waals surface area contributed by atoms with Crippen molar-refractivity contribution in [2.24, 2.45) is 11.7 Å². The maximum absolute atomic E-state index is 12.5. The molecule has 0 radical (unpaired) electrons. The summed E-state index contributed by atoms with van der Waals surface area (Å²) >= 11 is 0. The second-order valence-corrected chi connectivity index (χ2v) is 5.57. The summed E-state index contributed by atoms with van der Waals surface area (Å²) in [6, 6.07) is 7.79. The minimum absolute atomic E-state index is 0.0174. The van der Waals surface area contributed by atoms with Crippen molar-refractivity contribution in [2.45, 2.75) is 38.6 Å². The topological polar surface area (TPSA) is 56.2 Å². The van der Waals surface area contributed by atoms with Crippen molar-refractivity contribution in [3.05, 3.63) is 35.6 Å². The minimum atomic E-state index is -0.0737. The smallest absolute Gasteiger partial charge is 0.202 e. The molecule has 1 aromatic carbocycles. The van der Waals surface area contributed by atoms with Crippen LogP contribution in [0.3, 0.4) is 0 Å². The van der Waals surface area contributed by atoms with Crippen molar-refractivity contribution >= 4 is 16.8 Å². The molecule has 1 aromatic heterocycles. The molecule has 0 bridgehead atoms. The maximum atomic E-state index is 12.5. The Hall–Kier alpha value is -1.61. The molecule has 2 atom stereocenters. The summed E-state index contributed by atoms with van der Waals surface area (Å²) in [5.74, 6) is 0.458. The van der Waals surface area contributed by atoms with E-state index >= 15 is 0 Å². The van der Waals surface area contributed by atoms with Gasteiger partial charge in [0.2, 0.25) is 5.78 Å². The van der Waals surface area contributed by atoms with Crippen molar-refractivity contribution in [1.82, 2.24) is 0 Å². The fourth-order valence-electron chi connectivity index (χ4n) is 2.95. The first-order valence-electron chi connectivity index (χ1n) is 6.95. The molecule has 100 valence electrons. The molecule has 0 saturated heterocycles. The van der Waals surface area contributed by atoms with E-state index in [2.05, 4.69) is 0 Å². The molecule has 0 spiro atoms. The standard InChI is InChI=1S/C16H19NO2/c1-10-6-7-14-11(8-10)9-15(19-14)16(18)12-4-2-3-5-13(12)17/h6-9,12-13H,2-5,17H2,1H3. The SMILES string of the molecule is Cc1ccc2oc(C(=O)C3CCCCC3N)cc2c1. The molecule has 3 nitrogen and oxygen atoms in total. The molecule has 2 aromatic rings. The Morgan fingerprint density at radius 1 is 1.26 bits per heavy atom. The first-order valence-corrected chi connectivity index (χ1v) is 6.95. The van der Waals surface area contributed by atoms with Gasteiger partial charge in [-0.3, -0.25) is 4.79 Å². The third-order valence-electron chi connectivity index (χ3n) is 4.07. The Balaban J connectivity index is 1.92. The molecule has 0 aliphatic heterocycles. The second-order valence-electron chi connectivity index (χ2n) is 5.57. The van der Waals surface area contributed by atoms with Gasteiger partial charge in [-0.1, -0.05) is 24.5 Å². The molecule has 1 saturated carbocycles. The number of fused-ring (bicyclic) bond motifs is 1. The molecular weight excluding hydrogens is 238 g/mol. The summed E-state index contributed by atoms with van der Waals surface area (Å²) in [4.78, 5) is 12.5. The van der Waals surface area contributed by atoms with Gasteiger partial charge < -0.3 is 10.2 Å². The number of carbonyl (C=O) groups is 1. The van der Waals surface area contributed by atoms with Crippen LogP contribution in [-0.4, -0.2) is 11.8 Å². The lowest BCUT2D eigenvalue weighted by Crippen LogP contribution is -2.37. The molecule has 1 aliphatic carbocycles. The van der Waals surface area contributed by atoms with E-state index in [-0.39, 0.29) is 17.7 Å². The van der Waals surface area contributed by atoms with Gasteiger partial charge >= 0.3 is 0 Å². The number of carbonyl (C=O) groups excluding carboxylic acids is 1. The Bertz CT molecular complexity index is 614. The highest BCUT2D eigenvalue weighted by Crippen LogP contribution is 2.29. The quantitative estimate of drug-likeness (QED) is 0.838. The summed E-state index contributed by atoms with van der Waals surface area (Å²) in [6.07, 6.45) is 4.04. The van der Waals surface area contributed by atoms with Gasteiger partial charge in [-0.05, 0) is 38.0 Å². The molecule has 2 N–H and O–H groups in total. The Morgan fingerprint density at radius 3 is 2.84 bits per heavy atom. The van der Waals surface area contributed by atoms with Crippen LogP contribution in [0.2, 0.25) is 0 Å². The number of nitrogens with two attached hydrogens (primary N) is 1. The average Bonchev–Trinajstić information content (AvgIpc) is 2.81. The van der Waals surface area contributed by atoms with Gasteiger partial charge in [-0.25, -0.2) is 0 Å². The number of benzene rings is 1. The molecule has 1 aliphatic rings. The summed E-state index contributed by atoms with van der Waals surface area (Å²) < 4.78 is 5.68. The van der Waals surface area contributed by atoms with Crippen LogP contribution in [0.4, 0.5) is 0 Å². The molecule has 3 heteroatoms. The largest absolute Gasteiger partial charge is 0.453 e. The van der Waals surface area contributed by atoms with Gasteiger partial charge in [0.25, 0.3) is 0 Å². The Morgan fingerprint density at radius 2 is 2.05 bits per heavy atom. The number of hydrogen-bond acceptors (Lipinski definition) is 3. The van der Waals surface area contributed by atoms with Crippen molar-refractivity contribution in [2.75, 3.05) is 0 Å². The zero-order valence-electron chi connectivity index (χ0n) is 11.2. The van der Waals surface area contributed by atoms with Crippen molar-refractivity contribution in [3.8, 4) is 0 Å². The van der Waals surface area contributed by atoms with Gasteiger partial charge in [-0.15, -0.1) is 0 Å². The fraction of sp³-hybridized carbons (Fsp3) is 0.438. The van der Waals surface area contributed by atoms with Crippen LogP contribution >= 0.6 is 0 Å². The van der Waals surface area contributed by atoms with Crippen LogP contribution in [0.25, 0.3) is 11.0 Å². The number of ketones is 1. The highest BCUT2D eigenvalue weighted by Gasteiger charge is 2.30. The van der Waals surface area contributed by atoms with Gasteiger partial charge in [-0.2, -0.15) is 0 Å². The van der Waals surface area contributed by atoms with Crippen LogP contribution in [0.1, 0.15) is 41.8 Å². The number of furan rings is 1. The van der Waals surface area contributed by atoms with Crippen LogP contribution in [0.5, 0.6) is 0 Å². The van der Waals surface area contributed by atoms with Crippen LogP contribution in [-0.2, 0) is 0 Å². The lowest BCUT2D eigenvalue weighted by atomic mass is 9.81. The van der Waals surface area contributed by atoms with E-state index in [4.69, 9.17) is 10.2 Å². The van der Waals surface area contributed by atoms with E-state index < -0.39 is 0 Å². The van der Waals surface area contributed by atoms with Crippen molar-refractivity contribution < 1.29 is 9.21 Å². The zero-order valence-corrected chi connectivity index (χ0v) is 11.2. The molecule has 2 unspecified atom stereocenters. The van der Waals surface area contributed by atoms with Crippen LogP contribution in [0, 0.1) is 12.8 Å². The highest BCUT2D eigenvalue weighted by molar-refractivity contribution is 5.99. The van der Waals surface area contributed by atoms with Crippen molar-refractivity contribution in [3.63, 3.8) is 0 Å². The van der Waals surface area contributed by atoms with E-state index in [1.165, 1.54) is 5.56 Å². The van der Waals surface area contributed by atoms with Gasteiger partial charge in [0.05, 0.1) is 0 Å². The lowest BCUT2D eigenvalue weighted by Gasteiger charge is -2.26. The highest BCUT2D eigenvalue weighted by atomic mass is 16.3. The molecule has 1 heterocycles. The molecule has 1 fully saturated rings. The summed E-state index contributed by atoms with van der Waals surface area (Å²) in [7, 11) is 0. The Labute approximate surface area is 112 Å². The Kier molecular flexibility index (Phi) is 3.15. The molecular formula is C16H19NO2. The first-order chi connectivity index (χ1) is 9.15. The number of rotatable bonds is 2. The average molecular weight is 257 g/mol. The summed E-state index contributed by atoms with van der Waals surface area (Å²) in [5, 5.41) is 0.993. The van der Waals surface area contributed by atoms with Gasteiger partial charge in [0.15, 0.2) is 5.76 Å². The van der Waals surface area contributed by atoms with E-state index in [9.17, 15) is 4.79 Å².